The van der Waals surface area contributed by atoms with Gasteiger partial charge in [-0.05, 0) is 49.7 Å². The van der Waals surface area contributed by atoms with Crippen molar-refractivity contribution in [2.75, 3.05) is 36.4 Å². The number of hydrogen-bond donors (Lipinski definition) is 3. The van der Waals surface area contributed by atoms with Crippen molar-refractivity contribution in [2.24, 2.45) is 5.92 Å². The van der Waals surface area contributed by atoms with Gasteiger partial charge in [-0.2, -0.15) is 0 Å². The van der Waals surface area contributed by atoms with Gasteiger partial charge in [0, 0.05) is 30.9 Å². The van der Waals surface area contributed by atoms with Gasteiger partial charge in [0.1, 0.15) is 0 Å². The topological polar surface area (TPSA) is 73.5 Å². The third-order valence-electron chi connectivity index (χ3n) is 3.96. The van der Waals surface area contributed by atoms with Gasteiger partial charge in [-0.15, -0.1) is 12.4 Å². The van der Waals surface area contributed by atoms with Gasteiger partial charge >= 0.3 is 6.03 Å². The van der Waals surface area contributed by atoms with Gasteiger partial charge in [0.25, 0.3) is 0 Å². The van der Waals surface area contributed by atoms with Crippen molar-refractivity contribution in [2.45, 2.75) is 12.8 Å². The molecule has 0 spiro atoms. The maximum absolute atomic E-state index is 11.9. The lowest BCUT2D eigenvalue weighted by atomic mass is 10.0. The number of benzene rings is 1. The molecule has 6 nitrogen and oxygen atoms in total. The Kier molecular flexibility index (Phi) is 5.63. The summed E-state index contributed by atoms with van der Waals surface area (Å²) < 4.78 is 0. The summed E-state index contributed by atoms with van der Waals surface area (Å²) in [5, 5.41) is 8.94. The maximum Gasteiger partial charge on any atom is 0.321 e. The Bertz CT molecular complexity index is 529. The molecule has 3 N–H and O–H groups in total. The zero-order valence-electron chi connectivity index (χ0n) is 12.3. The first-order valence-corrected chi connectivity index (χ1v) is 7.38. The molecule has 120 valence electrons. The van der Waals surface area contributed by atoms with Gasteiger partial charge < -0.3 is 16.0 Å². The van der Waals surface area contributed by atoms with Gasteiger partial charge in [0.2, 0.25) is 5.91 Å². The predicted octanol–water partition coefficient (Wildman–Crippen LogP) is 1.58. The van der Waals surface area contributed by atoms with Gasteiger partial charge in [0.15, 0.2) is 0 Å². The number of carbonyl (C=O) groups is 2. The van der Waals surface area contributed by atoms with Crippen molar-refractivity contribution >= 4 is 35.7 Å². The molecule has 0 saturated carbocycles. The van der Waals surface area contributed by atoms with Crippen LogP contribution >= 0.6 is 12.4 Å². The number of anilines is 2. The fourth-order valence-electron chi connectivity index (χ4n) is 2.81. The van der Waals surface area contributed by atoms with E-state index >= 15 is 0 Å². The lowest BCUT2D eigenvalue weighted by Gasteiger charge is -2.15. The van der Waals surface area contributed by atoms with Crippen LogP contribution in [0.5, 0.6) is 0 Å². The molecule has 2 saturated heterocycles. The number of halogens is 1. The Morgan fingerprint density at radius 2 is 2.05 bits per heavy atom. The van der Waals surface area contributed by atoms with E-state index < -0.39 is 0 Å². The van der Waals surface area contributed by atoms with Crippen LogP contribution in [0.1, 0.15) is 12.8 Å². The molecule has 7 heteroatoms. The van der Waals surface area contributed by atoms with Crippen molar-refractivity contribution in [3.05, 3.63) is 24.3 Å². The lowest BCUT2D eigenvalue weighted by molar-refractivity contribution is -0.116. The SMILES string of the molecule is Cl.O=C(CC1CCNC1)Nc1ccc(N2CCNC2=O)cc1. The van der Waals surface area contributed by atoms with E-state index in [1.165, 1.54) is 0 Å². The van der Waals surface area contributed by atoms with Crippen molar-refractivity contribution in [1.29, 1.82) is 0 Å². The number of rotatable bonds is 4. The van der Waals surface area contributed by atoms with Crippen molar-refractivity contribution < 1.29 is 9.59 Å². The smallest absolute Gasteiger partial charge is 0.321 e. The molecule has 1 unspecified atom stereocenters. The molecule has 1 atom stereocenters. The fraction of sp³-hybridized carbons (Fsp3) is 0.467. The molecule has 3 rings (SSSR count). The van der Waals surface area contributed by atoms with Crippen LogP contribution in [0, 0.1) is 5.92 Å². The molecule has 2 fully saturated rings. The van der Waals surface area contributed by atoms with Gasteiger partial charge in [0.05, 0.1) is 0 Å². The summed E-state index contributed by atoms with van der Waals surface area (Å²) in [4.78, 5) is 25.2. The Balaban J connectivity index is 0.00000176. The summed E-state index contributed by atoms with van der Waals surface area (Å²) in [6, 6.07) is 7.33. The Labute approximate surface area is 136 Å². The molecule has 2 heterocycles. The molecule has 1 aromatic rings. The molecule has 0 aliphatic carbocycles. The summed E-state index contributed by atoms with van der Waals surface area (Å²) >= 11 is 0. The van der Waals surface area contributed by atoms with Crippen LogP contribution in [0.4, 0.5) is 16.2 Å². The largest absolute Gasteiger partial charge is 0.336 e. The second kappa shape index (κ2) is 7.47. The quantitative estimate of drug-likeness (QED) is 0.787. The Morgan fingerprint density at radius 3 is 2.64 bits per heavy atom. The molecule has 2 aliphatic heterocycles. The van der Waals surface area contributed by atoms with E-state index in [1.54, 1.807) is 4.90 Å². The van der Waals surface area contributed by atoms with Crippen LogP contribution in [0.15, 0.2) is 24.3 Å². The van der Waals surface area contributed by atoms with E-state index in [-0.39, 0.29) is 24.3 Å². The fourth-order valence-corrected chi connectivity index (χ4v) is 2.81. The molecular weight excluding hydrogens is 304 g/mol. The summed E-state index contributed by atoms with van der Waals surface area (Å²) in [7, 11) is 0. The number of nitrogens with zero attached hydrogens (tertiary/aromatic N) is 1. The van der Waals surface area contributed by atoms with Crippen LogP contribution in [0.2, 0.25) is 0 Å². The van der Waals surface area contributed by atoms with Crippen LogP contribution in [0.3, 0.4) is 0 Å². The van der Waals surface area contributed by atoms with Gasteiger partial charge in [-0.1, -0.05) is 0 Å². The number of hydrogen-bond acceptors (Lipinski definition) is 3. The minimum absolute atomic E-state index is 0. The molecule has 0 bridgehead atoms. The highest BCUT2D eigenvalue weighted by molar-refractivity contribution is 5.95. The lowest BCUT2D eigenvalue weighted by Crippen LogP contribution is -2.27. The molecular formula is C15H21ClN4O2. The van der Waals surface area contributed by atoms with E-state index in [4.69, 9.17) is 0 Å². The third-order valence-corrected chi connectivity index (χ3v) is 3.96. The average molecular weight is 325 g/mol. The summed E-state index contributed by atoms with van der Waals surface area (Å²) in [6.07, 6.45) is 1.62. The van der Waals surface area contributed by atoms with Crippen LogP contribution in [0.25, 0.3) is 0 Å². The van der Waals surface area contributed by atoms with Crippen molar-refractivity contribution in [3.8, 4) is 0 Å². The van der Waals surface area contributed by atoms with Crippen molar-refractivity contribution in [3.63, 3.8) is 0 Å². The summed E-state index contributed by atoms with van der Waals surface area (Å²) in [6.45, 7) is 3.28. The van der Waals surface area contributed by atoms with Crippen LogP contribution in [-0.4, -0.2) is 38.1 Å². The minimum Gasteiger partial charge on any atom is -0.336 e. The minimum atomic E-state index is -0.0690. The predicted molar refractivity (Wildman–Crippen MR) is 88.7 cm³/mol. The number of amides is 3. The number of urea groups is 1. The summed E-state index contributed by atoms with van der Waals surface area (Å²) in [5.41, 5.74) is 1.62. The third kappa shape index (κ3) is 3.90. The average Bonchev–Trinajstić information content (AvgIpc) is 3.11. The monoisotopic (exact) mass is 324 g/mol. The normalized spacial score (nSPS) is 20.5. The van der Waals surface area contributed by atoms with E-state index in [2.05, 4.69) is 16.0 Å². The first-order valence-electron chi connectivity index (χ1n) is 7.38. The Morgan fingerprint density at radius 1 is 1.27 bits per heavy atom. The van der Waals surface area contributed by atoms with Crippen molar-refractivity contribution in [1.82, 2.24) is 10.6 Å². The molecule has 0 radical (unpaired) electrons. The van der Waals surface area contributed by atoms with Crippen LogP contribution < -0.4 is 20.9 Å². The number of nitrogens with one attached hydrogen (secondary N) is 3. The first-order chi connectivity index (χ1) is 10.2. The van der Waals surface area contributed by atoms with Gasteiger partial charge in [-0.3, -0.25) is 9.69 Å². The number of carbonyl (C=O) groups excluding carboxylic acids is 2. The van der Waals surface area contributed by atoms with E-state index in [1.807, 2.05) is 24.3 Å². The highest BCUT2D eigenvalue weighted by atomic mass is 35.5. The second-order valence-electron chi connectivity index (χ2n) is 5.54. The maximum atomic E-state index is 11.9. The molecule has 22 heavy (non-hydrogen) atoms. The zero-order valence-corrected chi connectivity index (χ0v) is 13.1. The van der Waals surface area contributed by atoms with E-state index in [0.29, 0.717) is 25.4 Å². The molecule has 3 amide bonds. The molecule has 2 aliphatic rings. The van der Waals surface area contributed by atoms with E-state index in [0.717, 1.165) is 30.9 Å². The highest BCUT2D eigenvalue weighted by Gasteiger charge is 2.21. The standard InChI is InChI=1S/C15H20N4O2.ClH/c20-14(9-11-5-6-16-10-11)18-12-1-3-13(4-2-12)19-8-7-17-15(19)21;/h1-4,11,16H,5-10H2,(H,17,21)(H,18,20);1H. The van der Waals surface area contributed by atoms with Gasteiger partial charge in [-0.25, -0.2) is 4.79 Å². The van der Waals surface area contributed by atoms with E-state index in [9.17, 15) is 9.59 Å². The second-order valence-corrected chi connectivity index (χ2v) is 5.54. The molecule has 1 aromatic carbocycles. The highest BCUT2D eigenvalue weighted by Crippen LogP contribution is 2.20. The summed E-state index contributed by atoms with van der Waals surface area (Å²) in [5.74, 6) is 0.493. The van der Waals surface area contributed by atoms with Crippen LogP contribution in [-0.2, 0) is 4.79 Å². The molecule has 0 aromatic heterocycles. The first kappa shape index (κ1) is 16.6. The zero-order chi connectivity index (χ0) is 14.7. The Hall–Kier alpha value is -1.79.